The number of carbonyl (C=O) groups excluding carboxylic acids is 3. The zero-order valence-corrected chi connectivity index (χ0v) is 26.2. The van der Waals surface area contributed by atoms with Crippen LogP contribution in [0.15, 0.2) is 59.5 Å². The predicted molar refractivity (Wildman–Crippen MR) is 166 cm³/mol. The van der Waals surface area contributed by atoms with Crippen molar-refractivity contribution in [1.29, 1.82) is 0 Å². The lowest BCUT2D eigenvalue weighted by Gasteiger charge is -2.32. The van der Waals surface area contributed by atoms with E-state index in [0.29, 0.717) is 36.0 Å². The van der Waals surface area contributed by atoms with Gasteiger partial charge in [0.05, 0.1) is 29.0 Å². The Bertz CT molecular complexity index is 1730. The van der Waals surface area contributed by atoms with Crippen LogP contribution in [0.2, 0.25) is 0 Å². The number of ether oxygens (including phenoxy) is 1. The minimum atomic E-state index is -3.83. The van der Waals surface area contributed by atoms with Crippen molar-refractivity contribution < 1.29 is 36.3 Å². The van der Waals surface area contributed by atoms with Crippen molar-refractivity contribution in [2.75, 3.05) is 24.3 Å². The van der Waals surface area contributed by atoms with Crippen LogP contribution in [0.1, 0.15) is 72.7 Å². The van der Waals surface area contributed by atoms with E-state index in [1.807, 2.05) is 0 Å². The molecule has 0 aliphatic carbocycles. The van der Waals surface area contributed by atoms with Gasteiger partial charge in [-0.1, -0.05) is 19.1 Å². The number of hydrogen-bond donors (Lipinski definition) is 3. The smallest absolute Gasteiger partial charge is 0.411 e. The van der Waals surface area contributed by atoms with Gasteiger partial charge in [-0.2, -0.15) is 0 Å². The summed E-state index contributed by atoms with van der Waals surface area (Å²) in [6, 6.07) is 9.97. The average molecular weight is 643 g/mol. The fraction of sp³-hybridized carbons (Fsp3) is 0.344. The molecule has 1 aliphatic rings. The Morgan fingerprint density at radius 3 is 2.40 bits per heavy atom. The highest BCUT2D eigenvalue weighted by molar-refractivity contribution is 7.92. The summed E-state index contributed by atoms with van der Waals surface area (Å²) in [6.07, 6.45) is 0.492. The number of methoxy groups -OCH3 is 1. The quantitative estimate of drug-likeness (QED) is 0.264. The number of nitrogens with one attached hydrogen (secondary N) is 2. The number of carbonyl (C=O) groups is 3. The van der Waals surface area contributed by atoms with Gasteiger partial charge in [0.2, 0.25) is 11.8 Å². The fourth-order valence-corrected chi connectivity index (χ4v) is 6.65. The van der Waals surface area contributed by atoms with E-state index in [1.54, 1.807) is 20.8 Å². The molecule has 1 heterocycles. The van der Waals surface area contributed by atoms with Crippen LogP contribution in [0.25, 0.3) is 0 Å². The van der Waals surface area contributed by atoms with Crippen LogP contribution in [-0.4, -0.2) is 50.1 Å². The molecule has 1 aliphatic heterocycles. The Labute approximate surface area is 260 Å². The highest BCUT2D eigenvalue weighted by Gasteiger charge is 2.38. The number of amides is 3. The zero-order valence-electron chi connectivity index (χ0n) is 25.4. The van der Waals surface area contributed by atoms with Crippen LogP contribution >= 0.6 is 0 Å². The molecule has 3 aromatic carbocycles. The predicted octanol–water partition coefficient (Wildman–Crippen LogP) is 5.50. The minimum absolute atomic E-state index is 0.0101. The standard InChI is InChI=1S/C32H36F2N4O6S/c1-5-19-15-20(8-11-24(19)33)29(37-26-16-21(30(35)39)9-12-25(26)34)31(40)38-14-6-7-27(38)23-17-22(36-32(41)44-4)10-13-28(23)45(42,43)18(2)3/h8-13,15-18,27,29,37H,5-7,14H2,1-4H3,(H2,35,39)(H,36,41)/t27-,29-/m1/s1. The second-order valence-electron chi connectivity index (χ2n) is 11.0. The Hall–Kier alpha value is -4.52. The van der Waals surface area contributed by atoms with Crippen LogP contribution in [0, 0.1) is 11.6 Å². The summed E-state index contributed by atoms with van der Waals surface area (Å²) in [6.45, 7) is 5.09. The molecular weight excluding hydrogens is 606 g/mol. The van der Waals surface area contributed by atoms with Crippen molar-refractivity contribution in [3.63, 3.8) is 0 Å². The number of likely N-dealkylation sites (tertiary alicyclic amines) is 1. The van der Waals surface area contributed by atoms with Gasteiger partial charge in [-0.05, 0) is 92.3 Å². The van der Waals surface area contributed by atoms with Gasteiger partial charge in [0, 0.05) is 17.8 Å². The first-order valence-corrected chi connectivity index (χ1v) is 16.0. The summed E-state index contributed by atoms with van der Waals surface area (Å²) in [5.41, 5.74) is 6.49. The Morgan fingerprint density at radius 1 is 1.04 bits per heavy atom. The van der Waals surface area contributed by atoms with Crippen molar-refractivity contribution in [2.45, 2.75) is 62.3 Å². The molecule has 4 N–H and O–H groups in total. The molecule has 10 nitrogen and oxygen atoms in total. The van der Waals surface area contributed by atoms with Gasteiger partial charge in [0.1, 0.15) is 17.7 Å². The number of rotatable bonds is 10. The number of halogens is 2. The number of benzene rings is 3. The second kappa shape index (κ2) is 13.6. The number of anilines is 2. The molecule has 240 valence electrons. The SMILES string of the molecule is CCc1cc([C@@H](Nc2cc(C(N)=O)ccc2F)C(=O)N2CCC[C@@H]2c2cc(NC(=O)OC)ccc2S(=O)(=O)C(C)C)ccc1F. The molecule has 3 aromatic rings. The summed E-state index contributed by atoms with van der Waals surface area (Å²) in [5, 5.41) is 4.66. The third kappa shape index (κ3) is 7.08. The van der Waals surface area contributed by atoms with Crippen LogP contribution in [0.4, 0.5) is 25.0 Å². The molecule has 0 aromatic heterocycles. The fourth-order valence-electron chi connectivity index (χ4n) is 5.37. The van der Waals surface area contributed by atoms with E-state index in [-0.39, 0.29) is 28.4 Å². The minimum Gasteiger partial charge on any atom is -0.453 e. The van der Waals surface area contributed by atoms with Gasteiger partial charge < -0.3 is 20.7 Å². The lowest BCUT2D eigenvalue weighted by atomic mass is 9.98. The van der Waals surface area contributed by atoms with E-state index in [2.05, 4.69) is 15.4 Å². The molecule has 0 saturated carbocycles. The Kier molecular flexibility index (Phi) is 10.1. The Balaban J connectivity index is 1.84. The van der Waals surface area contributed by atoms with E-state index in [1.165, 1.54) is 60.5 Å². The van der Waals surface area contributed by atoms with Gasteiger partial charge in [-0.25, -0.2) is 22.0 Å². The molecule has 0 unspecified atom stereocenters. The topological polar surface area (TPSA) is 148 Å². The number of sulfone groups is 1. The van der Waals surface area contributed by atoms with E-state index in [9.17, 15) is 27.2 Å². The van der Waals surface area contributed by atoms with E-state index in [0.717, 1.165) is 6.07 Å². The van der Waals surface area contributed by atoms with E-state index < -0.39 is 56.7 Å². The maximum atomic E-state index is 15.0. The molecule has 13 heteroatoms. The van der Waals surface area contributed by atoms with Crippen molar-refractivity contribution in [1.82, 2.24) is 4.90 Å². The molecule has 0 spiro atoms. The summed E-state index contributed by atoms with van der Waals surface area (Å²) < 4.78 is 61.1. The lowest BCUT2D eigenvalue weighted by molar-refractivity contribution is -0.133. The first kappa shape index (κ1) is 33.4. The summed E-state index contributed by atoms with van der Waals surface area (Å²) in [5.74, 6) is -2.54. The maximum absolute atomic E-state index is 15.0. The van der Waals surface area contributed by atoms with E-state index >= 15 is 4.39 Å². The van der Waals surface area contributed by atoms with Crippen molar-refractivity contribution in [2.24, 2.45) is 5.73 Å². The van der Waals surface area contributed by atoms with Crippen LogP contribution in [0.5, 0.6) is 0 Å². The molecule has 4 rings (SSSR count). The monoisotopic (exact) mass is 642 g/mol. The first-order chi connectivity index (χ1) is 21.3. The Morgan fingerprint density at radius 2 is 1.76 bits per heavy atom. The summed E-state index contributed by atoms with van der Waals surface area (Å²) >= 11 is 0. The molecule has 1 saturated heterocycles. The van der Waals surface area contributed by atoms with Crippen LogP contribution < -0.4 is 16.4 Å². The highest BCUT2D eigenvalue weighted by atomic mass is 32.2. The van der Waals surface area contributed by atoms with Crippen LogP contribution in [0.3, 0.4) is 0 Å². The molecule has 45 heavy (non-hydrogen) atoms. The number of nitrogens with two attached hydrogens (primary N) is 1. The molecular formula is C32H36F2N4O6S. The average Bonchev–Trinajstić information content (AvgIpc) is 3.50. The van der Waals surface area contributed by atoms with Crippen LogP contribution in [-0.2, 0) is 25.8 Å². The van der Waals surface area contributed by atoms with Crippen molar-refractivity contribution in [3.8, 4) is 0 Å². The normalized spacial score (nSPS) is 15.5. The largest absolute Gasteiger partial charge is 0.453 e. The van der Waals surface area contributed by atoms with Crippen molar-refractivity contribution >= 4 is 39.1 Å². The van der Waals surface area contributed by atoms with Gasteiger partial charge in [0.25, 0.3) is 0 Å². The molecule has 2 atom stereocenters. The number of nitrogens with zero attached hydrogens (tertiary/aromatic N) is 1. The molecule has 1 fully saturated rings. The first-order valence-electron chi connectivity index (χ1n) is 14.5. The maximum Gasteiger partial charge on any atom is 0.411 e. The second-order valence-corrected chi connectivity index (χ2v) is 13.5. The molecule has 0 radical (unpaired) electrons. The van der Waals surface area contributed by atoms with Crippen molar-refractivity contribution in [3.05, 3.63) is 88.5 Å². The van der Waals surface area contributed by atoms with Gasteiger partial charge in [-0.15, -0.1) is 0 Å². The number of aryl methyl sites for hydroxylation is 1. The van der Waals surface area contributed by atoms with Gasteiger partial charge in [-0.3, -0.25) is 14.9 Å². The zero-order chi connectivity index (χ0) is 33.1. The molecule has 0 bridgehead atoms. The highest BCUT2D eigenvalue weighted by Crippen LogP contribution is 2.40. The third-order valence-corrected chi connectivity index (χ3v) is 10.1. The van der Waals surface area contributed by atoms with Gasteiger partial charge in [0.15, 0.2) is 9.84 Å². The summed E-state index contributed by atoms with van der Waals surface area (Å²) in [7, 11) is -2.64. The number of hydrogen-bond acceptors (Lipinski definition) is 7. The molecule has 3 amide bonds. The van der Waals surface area contributed by atoms with Gasteiger partial charge >= 0.3 is 6.09 Å². The number of primary amides is 1. The van der Waals surface area contributed by atoms with E-state index in [4.69, 9.17) is 5.73 Å². The lowest BCUT2D eigenvalue weighted by Crippen LogP contribution is -2.38. The summed E-state index contributed by atoms with van der Waals surface area (Å²) in [4.78, 5) is 39.8. The third-order valence-electron chi connectivity index (χ3n) is 7.85.